The molecule has 0 fully saturated rings. The number of nitrogens with zero attached hydrogens (tertiary/aromatic N) is 2. The fourth-order valence-corrected chi connectivity index (χ4v) is 0.976. The Morgan fingerprint density at radius 3 is 2.56 bits per heavy atom. The van der Waals surface area contributed by atoms with E-state index in [2.05, 4.69) is 15.5 Å². The number of anilines is 1. The molecule has 0 radical (unpaired) electrons. The first kappa shape index (κ1) is 12.6. The van der Waals surface area contributed by atoms with Crippen LogP contribution < -0.4 is 5.32 Å². The van der Waals surface area contributed by atoms with E-state index in [4.69, 9.17) is 11.6 Å². The molecule has 0 aliphatic carbocycles. The zero-order valence-electron chi connectivity index (χ0n) is 9.24. The SMILES string of the molecule is CC(C)(C)C(=O)Nc1cc(C=O)c(Cl)nn1. The Morgan fingerprint density at radius 1 is 1.44 bits per heavy atom. The van der Waals surface area contributed by atoms with Gasteiger partial charge in [0.2, 0.25) is 5.91 Å². The van der Waals surface area contributed by atoms with Gasteiger partial charge in [0.25, 0.3) is 0 Å². The summed E-state index contributed by atoms with van der Waals surface area (Å²) in [5, 5.41) is 9.79. The van der Waals surface area contributed by atoms with E-state index >= 15 is 0 Å². The van der Waals surface area contributed by atoms with E-state index in [1.165, 1.54) is 6.07 Å². The van der Waals surface area contributed by atoms with Gasteiger partial charge in [0, 0.05) is 5.41 Å². The first-order valence-corrected chi connectivity index (χ1v) is 5.02. The molecule has 0 unspecified atom stereocenters. The number of nitrogens with one attached hydrogen (secondary N) is 1. The molecular formula is C10H12ClN3O2. The standard InChI is InChI=1S/C10H12ClN3O2/c1-10(2,3)9(16)12-7-4-6(5-15)8(11)14-13-7/h4-5H,1-3H3,(H,12,13,16). The van der Waals surface area contributed by atoms with Gasteiger partial charge in [0.1, 0.15) is 0 Å². The highest BCUT2D eigenvalue weighted by atomic mass is 35.5. The summed E-state index contributed by atoms with van der Waals surface area (Å²) in [6.07, 6.45) is 0.559. The molecule has 0 atom stereocenters. The lowest BCUT2D eigenvalue weighted by Gasteiger charge is -2.16. The first-order chi connectivity index (χ1) is 7.34. The Hall–Kier alpha value is -1.49. The van der Waals surface area contributed by atoms with E-state index < -0.39 is 5.41 Å². The average molecular weight is 242 g/mol. The summed E-state index contributed by atoms with van der Waals surface area (Å²) in [5.41, 5.74) is -0.344. The van der Waals surface area contributed by atoms with E-state index in [-0.39, 0.29) is 22.4 Å². The maximum atomic E-state index is 11.6. The lowest BCUT2D eigenvalue weighted by atomic mass is 9.96. The molecule has 5 nitrogen and oxygen atoms in total. The van der Waals surface area contributed by atoms with Crippen molar-refractivity contribution in [3.8, 4) is 0 Å². The van der Waals surface area contributed by atoms with Crippen LogP contribution in [0.5, 0.6) is 0 Å². The van der Waals surface area contributed by atoms with E-state index in [1.54, 1.807) is 20.8 Å². The quantitative estimate of drug-likeness (QED) is 0.803. The molecule has 1 rings (SSSR count). The molecule has 0 spiro atoms. The summed E-state index contributed by atoms with van der Waals surface area (Å²) in [6.45, 7) is 5.31. The molecule has 0 bridgehead atoms. The van der Waals surface area contributed by atoms with E-state index in [0.717, 1.165) is 0 Å². The molecule has 86 valence electrons. The summed E-state index contributed by atoms with van der Waals surface area (Å²) < 4.78 is 0. The summed E-state index contributed by atoms with van der Waals surface area (Å²) in [6, 6.07) is 1.38. The van der Waals surface area contributed by atoms with Crippen molar-refractivity contribution in [2.75, 3.05) is 5.32 Å². The normalized spacial score (nSPS) is 11.0. The lowest BCUT2D eigenvalue weighted by Crippen LogP contribution is -2.28. The van der Waals surface area contributed by atoms with E-state index in [9.17, 15) is 9.59 Å². The third-order valence-electron chi connectivity index (χ3n) is 1.83. The van der Waals surface area contributed by atoms with Gasteiger partial charge in [0.05, 0.1) is 5.56 Å². The molecule has 0 aliphatic heterocycles. The van der Waals surface area contributed by atoms with Crippen LogP contribution >= 0.6 is 11.6 Å². The molecule has 1 amide bonds. The van der Waals surface area contributed by atoms with Crippen molar-refractivity contribution in [3.63, 3.8) is 0 Å². The van der Waals surface area contributed by atoms with Crippen LogP contribution in [0.1, 0.15) is 31.1 Å². The topological polar surface area (TPSA) is 72.0 Å². The minimum Gasteiger partial charge on any atom is -0.309 e. The molecule has 0 saturated heterocycles. The minimum absolute atomic E-state index is 0.0174. The average Bonchev–Trinajstić information content (AvgIpc) is 2.19. The van der Waals surface area contributed by atoms with Gasteiger partial charge in [-0.1, -0.05) is 32.4 Å². The number of rotatable bonds is 2. The summed E-state index contributed by atoms with van der Waals surface area (Å²) in [7, 11) is 0. The lowest BCUT2D eigenvalue weighted by molar-refractivity contribution is -0.123. The van der Waals surface area contributed by atoms with Crippen molar-refractivity contribution in [1.29, 1.82) is 0 Å². The van der Waals surface area contributed by atoms with Gasteiger partial charge in [-0.05, 0) is 6.07 Å². The zero-order chi connectivity index (χ0) is 12.3. The molecule has 6 heteroatoms. The highest BCUT2D eigenvalue weighted by Crippen LogP contribution is 2.17. The van der Waals surface area contributed by atoms with E-state index in [0.29, 0.717) is 6.29 Å². The van der Waals surface area contributed by atoms with Crippen LogP contribution in [0.2, 0.25) is 5.15 Å². The maximum Gasteiger partial charge on any atom is 0.230 e. The largest absolute Gasteiger partial charge is 0.309 e. The number of carbonyl (C=O) groups is 2. The Balaban J connectivity index is 2.91. The Kier molecular flexibility index (Phi) is 3.59. The van der Waals surface area contributed by atoms with Gasteiger partial charge < -0.3 is 5.32 Å². The number of aldehydes is 1. The van der Waals surface area contributed by atoms with Gasteiger partial charge >= 0.3 is 0 Å². The van der Waals surface area contributed by atoms with Gasteiger partial charge in [0.15, 0.2) is 17.3 Å². The summed E-state index contributed by atoms with van der Waals surface area (Å²) in [4.78, 5) is 22.2. The Morgan fingerprint density at radius 2 is 2.06 bits per heavy atom. The predicted octanol–water partition coefficient (Wildman–Crippen LogP) is 1.93. The number of hydrogen-bond acceptors (Lipinski definition) is 4. The van der Waals surface area contributed by atoms with Crippen molar-refractivity contribution >= 4 is 29.6 Å². The fraction of sp³-hybridized carbons (Fsp3) is 0.400. The molecule has 1 aromatic rings. The van der Waals surface area contributed by atoms with Crippen LogP contribution in [0.3, 0.4) is 0 Å². The second kappa shape index (κ2) is 4.57. The van der Waals surface area contributed by atoms with Crippen molar-refractivity contribution in [2.24, 2.45) is 5.41 Å². The number of hydrogen-bond donors (Lipinski definition) is 1. The number of halogens is 1. The molecule has 0 saturated carbocycles. The highest BCUT2D eigenvalue weighted by Gasteiger charge is 2.21. The smallest absolute Gasteiger partial charge is 0.230 e. The number of aromatic nitrogens is 2. The van der Waals surface area contributed by atoms with Crippen LogP contribution in [0.15, 0.2) is 6.07 Å². The zero-order valence-corrected chi connectivity index (χ0v) is 10.00. The van der Waals surface area contributed by atoms with Gasteiger partial charge in [-0.3, -0.25) is 9.59 Å². The molecular weight excluding hydrogens is 230 g/mol. The third-order valence-corrected chi connectivity index (χ3v) is 2.12. The van der Waals surface area contributed by atoms with Gasteiger partial charge in [-0.2, -0.15) is 0 Å². The van der Waals surface area contributed by atoms with Gasteiger partial charge in [-0.15, -0.1) is 10.2 Å². The van der Waals surface area contributed by atoms with Crippen LogP contribution in [-0.4, -0.2) is 22.4 Å². The maximum absolute atomic E-state index is 11.6. The predicted molar refractivity (Wildman–Crippen MR) is 60.5 cm³/mol. The third kappa shape index (κ3) is 3.00. The second-order valence-electron chi connectivity index (χ2n) is 4.30. The molecule has 1 N–H and O–H groups in total. The molecule has 16 heavy (non-hydrogen) atoms. The first-order valence-electron chi connectivity index (χ1n) is 4.64. The fourth-order valence-electron chi connectivity index (χ4n) is 0.839. The Bertz CT molecular complexity index is 427. The van der Waals surface area contributed by atoms with Crippen molar-refractivity contribution in [1.82, 2.24) is 10.2 Å². The molecule has 1 heterocycles. The highest BCUT2D eigenvalue weighted by molar-refractivity contribution is 6.31. The van der Waals surface area contributed by atoms with Crippen molar-refractivity contribution < 1.29 is 9.59 Å². The van der Waals surface area contributed by atoms with Crippen molar-refractivity contribution in [3.05, 3.63) is 16.8 Å². The Labute approximate surface area is 98.2 Å². The molecule has 0 aliphatic rings. The van der Waals surface area contributed by atoms with Crippen LogP contribution in [-0.2, 0) is 4.79 Å². The van der Waals surface area contributed by atoms with E-state index in [1.807, 2.05) is 0 Å². The van der Waals surface area contributed by atoms with Crippen LogP contribution in [0, 0.1) is 5.41 Å². The number of amides is 1. The van der Waals surface area contributed by atoms with Crippen LogP contribution in [0.4, 0.5) is 5.82 Å². The molecule has 0 aromatic carbocycles. The summed E-state index contributed by atoms with van der Waals surface area (Å²) in [5.74, 6) is 0.00685. The van der Waals surface area contributed by atoms with Crippen LogP contribution in [0.25, 0.3) is 0 Å². The van der Waals surface area contributed by atoms with Gasteiger partial charge in [-0.25, -0.2) is 0 Å². The molecule has 1 aromatic heterocycles. The number of carbonyl (C=O) groups excluding carboxylic acids is 2. The monoisotopic (exact) mass is 241 g/mol. The second-order valence-corrected chi connectivity index (χ2v) is 4.66. The summed E-state index contributed by atoms with van der Waals surface area (Å²) >= 11 is 5.61. The minimum atomic E-state index is -0.539. The van der Waals surface area contributed by atoms with Crippen molar-refractivity contribution in [2.45, 2.75) is 20.8 Å².